The van der Waals surface area contributed by atoms with Crippen molar-refractivity contribution in [2.45, 2.75) is 83.0 Å². The van der Waals surface area contributed by atoms with E-state index in [1.165, 1.54) is 11.1 Å². The molecular formula is C24H41IN4O2S. The van der Waals surface area contributed by atoms with Gasteiger partial charge in [0.2, 0.25) is 0 Å². The van der Waals surface area contributed by atoms with E-state index in [0.717, 1.165) is 63.6 Å². The Kier molecular flexibility index (Phi) is 11.9. The molecule has 5 atom stereocenters. The molecule has 1 aromatic rings. The fraction of sp³-hybridized carbons (Fsp3) is 0.708. The van der Waals surface area contributed by atoms with Crippen molar-refractivity contribution < 1.29 is 8.95 Å². The molecule has 0 spiro atoms. The largest absolute Gasteiger partial charge is 0.373 e. The van der Waals surface area contributed by atoms with Crippen LogP contribution in [-0.4, -0.2) is 64.5 Å². The molecule has 8 heteroatoms. The summed E-state index contributed by atoms with van der Waals surface area (Å²) in [5, 5.41) is 7.39. The second-order valence-electron chi connectivity index (χ2n) is 8.95. The number of nitrogens with one attached hydrogen (secondary N) is 2. The van der Waals surface area contributed by atoms with Gasteiger partial charge in [0.05, 0.1) is 12.2 Å². The van der Waals surface area contributed by atoms with Crippen LogP contribution in [0.2, 0.25) is 0 Å². The zero-order valence-electron chi connectivity index (χ0n) is 20.0. The van der Waals surface area contributed by atoms with Gasteiger partial charge in [0.15, 0.2) is 5.96 Å². The van der Waals surface area contributed by atoms with Gasteiger partial charge in [-0.1, -0.05) is 37.6 Å². The Morgan fingerprint density at radius 3 is 2.53 bits per heavy atom. The van der Waals surface area contributed by atoms with Gasteiger partial charge in [-0.2, -0.15) is 0 Å². The number of halogens is 1. The summed E-state index contributed by atoms with van der Waals surface area (Å²) in [4.78, 5) is 6.93. The topological polar surface area (TPSA) is 66.0 Å². The first-order valence-electron chi connectivity index (χ1n) is 11.8. The van der Waals surface area contributed by atoms with Gasteiger partial charge < -0.3 is 15.4 Å². The number of rotatable bonds is 7. The van der Waals surface area contributed by atoms with Crippen LogP contribution in [0.5, 0.6) is 0 Å². The number of nitrogens with zero attached hydrogens (tertiary/aromatic N) is 2. The van der Waals surface area contributed by atoms with Crippen LogP contribution in [0.15, 0.2) is 29.3 Å². The van der Waals surface area contributed by atoms with E-state index in [-0.39, 0.29) is 36.2 Å². The van der Waals surface area contributed by atoms with Crippen LogP contribution < -0.4 is 10.6 Å². The summed E-state index contributed by atoms with van der Waals surface area (Å²) in [6.45, 7) is 9.94. The van der Waals surface area contributed by atoms with Crippen molar-refractivity contribution in [3.05, 3.63) is 35.4 Å². The number of guanidine groups is 1. The Balaban J connectivity index is 0.00000363. The maximum absolute atomic E-state index is 12.2. The maximum atomic E-state index is 12.2. The van der Waals surface area contributed by atoms with Crippen molar-refractivity contribution in [3.8, 4) is 0 Å². The molecule has 6 nitrogen and oxygen atoms in total. The van der Waals surface area contributed by atoms with Crippen LogP contribution in [0.1, 0.15) is 57.6 Å². The van der Waals surface area contributed by atoms with Crippen LogP contribution in [0, 0.1) is 0 Å². The van der Waals surface area contributed by atoms with E-state index in [9.17, 15) is 4.21 Å². The van der Waals surface area contributed by atoms with Gasteiger partial charge >= 0.3 is 0 Å². The lowest BCUT2D eigenvalue weighted by atomic mass is 9.95. The number of aliphatic imine (C=N–C) groups is 1. The minimum absolute atomic E-state index is 0. The highest BCUT2D eigenvalue weighted by Crippen LogP contribution is 2.23. The van der Waals surface area contributed by atoms with Gasteiger partial charge in [0.25, 0.3) is 0 Å². The van der Waals surface area contributed by atoms with Crippen LogP contribution in [0.25, 0.3) is 0 Å². The number of benzene rings is 1. The lowest BCUT2D eigenvalue weighted by Crippen LogP contribution is -2.46. The SMILES string of the molecule is CCS(=O)C1CCCC(NC(=NC)NCc2ccccc2CN2CC(C)OC(C)C2)C1.I. The van der Waals surface area contributed by atoms with E-state index in [2.05, 4.69) is 58.6 Å². The van der Waals surface area contributed by atoms with E-state index in [4.69, 9.17) is 4.74 Å². The van der Waals surface area contributed by atoms with Crippen LogP contribution in [-0.2, 0) is 28.6 Å². The van der Waals surface area contributed by atoms with Crippen LogP contribution in [0.3, 0.4) is 0 Å². The average molecular weight is 577 g/mol. The lowest BCUT2D eigenvalue weighted by molar-refractivity contribution is -0.0705. The fourth-order valence-electron chi connectivity index (χ4n) is 4.86. The molecule has 0 bridgehead atoms. The molecule has 2 fully saturated rings. The van der Waals surface area contributed by atoms with Gasteiger partial charge in [-0.05, 0) is 44.2 Å². The summed E-state index contributed by atoms with van der Waals surface area (Å²) in [5.74, 6) is 1.58. The molecule has 182 valence electrons. The maximum Gasteiger partial charge on any atom is 0.191 e. The summed E-state index contributed by atoms with van der Waals surface area (Å²) in [6, 6.07) is 8.99. The summed E-state index contributed by atoms with van der Waals surface area (Å²) in [6.07, 6.45) is 4.84. The number of ether oxygens (including phenoxy) is 1. The summed E-state index contributed by atoms with van der Waals surface area (Å²) in [5.41, 5.74) is 2.65. The normalized spacial score (nSPS) is 27.9. The molecular weight excluding hydrogens is 535 g/mol. The van der Waals surface area contributed by atoms with Crippen molar-refractivity contribution in [2.24, 2.45) is 4.99 Å². The van der Waals surface area contributed by atoms with Crippen molar-refractivity contribution in [1.82, 2.24) is 15.5 Å². The third-order valence-electron chi connectivity index (χ3n) is 6.30. The van der Waals surface area contributed by atoms with Crippen molar-refractivity contribution in [3.63, 3.8) is 0 Å². The minimum atomic E-state index is -0.710. The first kappa shape index (κ1) is 27.5. The van der Waals surface area contributed by atoms with E-state index < -0.39 is 10.8 Å². The predicted octanol–water partition coefficient (Wildman–Crippen LogP) is 3.66. The second-order valence-corrected chi connectivity index (χ2v) is 11.0. The summed E-state index contributed by atoms with van der Waals surface area (Å²) >= 11 is 0. The number of hydrogen-bond acceptors (Lipinski definition) is 4. The molecule has 0 aromatic heterocycles. The fourth-order valence-corrected chi connectivity index (χ4v) is 6.20. The Morgan fingerprint density at radius 2 is 1.88 bits per heavy atom. The van der Waals surface area contributed by atoms with Gasteiger partial charge in [-0.3, -0.25) is 14.1 Å². The van der Waals surface area contributed by atoms with E-state index in [1.807, 2.05) is 14.0 Å². The van der Waals surface area contributed by atoms with Gasteiger partial charge in [0.1, 0.15) is 0 Å². The average Bonchev–Trinajstić information content (AvgIpc) is 2.76. The first-order chi connectivity index (χ1) is 15.0. The number of morpholine rings is 1. The van der Waals surface area contributed by atoms with Crippen molar-refractivity contribution in [1.29, 1.82) is 0 Å². The molecule has 5 unspecified atom stereocenters. The van der Waals surface area contributed by atoms with Crippen molar-refractivity contribution >= 4 is 40.7 Å². The van der Waals surface area contributed by atoms with E-state index in [1.54, 1.807) is 0 Å². The highest BCUT2D eigenvalue weighted by molar-refractivity contribution is 14.0. The van der Waals surface area contributed by atoms with E-state index >= 15 is 0 Å². The molecule has 1 aliphatic carbocycles. The lowest BCUT2D eigenvalue weighted by Gasteiger charge is -2.35. The molecule has 1 heterocycles. The zero-order chi connectivity index (χ0) is 22.2. The highest BCUT2D eigenvalue weighted by atomic mass is 127. The van der Waals surface area contributed by atoms with Gasteiger partial charge in [-0.15, -0.1) is 24.0 Å². The third kappa shape index (κ3) is 8.25. The van der Waals surface area contributed by atoms with Gasteiger partial charge in [0, 0.05) is 61.1 Å². The quantitative estimate of drug-likeness (QED) is 0.295. The Hall–Kier alpha value is -0.710. The second kappa shape index (κ2) is 13.9. The predicted molar refractivity (Wildman–Crippen MR) is 145 cm³/mol. The first-order valence-corrected chi connectivity index (χ1v) is 13.2. The summed E-state index contributed by atoms with van der Waals surface area (Å²) in [7, 11) is 1.11. The molecule has 2 N–H and O–H groups in total. The smallest absolute Gasteiger partial charge is 0.191 e. The molecule has 2 aliphatic rings. The van der Waals surface area contributed by atoms with Gasteiger partial charge in [-0.25, -0.2) is 0 Å². The Labute approximate surface area is 213 Å². The standard InChI is InChI=1S/C24H40N4O2S.HI/c1-5-31(29)23-12-8-11-22(13-23)27-24(25-4)26-14-20-9-6-7-10-21(20)17-28-15-18(2)30-19(3)16-28;/h6-7,9-10,18-19,22-23H,5,8,11-17H2,1-4H3,(H2,25,26,27);1H. The van der Waals surface area contributed by atoms with Crippen LogP contribution >= 0.6 is 24.0 Å². The zero-order valence-corrected chi connectivity index (χ0v) is 23.2. The molecule has 1 aromatic carbocycles. The minimum Gasteiger partial charge on any atom is -0.373 e. The third-order valence-corrected chi connectivity index (χ3v) is 8.04. The highest BCUT2D eigenvalue weighted by Gasteiger charge is 2.26. The Morgan fingerprint density at radius 1 is 1.19 bits per heavy atom. The van der Waals surface area contributed by atoms with E-state index in [0.29, 0.717) is 11.3 Å². The molecule has 1 aliphatic heterocycles. The molecule has 3 rings (SSSR count). The summed E-state index contributed by atoms with van der Waals surface area (Å²) < 4.78 is 18.1. The molecule has 0 amide bonds. The monoisotopic (exact) mass is 576 g/mol. The van der Waals surface area contributed by atoms with Crippen molar-refractivity contribution in [2.75, 3.05) is 25.9 Å². The molecule has 0 radical (unpaired) electrons. The molecule has 1 saturated carbocycles. The van der Waals surface area contributed by atoms with Crippen LogP contribution in [0.4, 0.5) is 0 Å². The Bertz CT molecular complexity index is 753. The molecule has 32 heavy (non-hydrogen) atoms. The number of hydrogen-bond donors (Lipinski definition) is 2. The molecule has 1 saturated heterocycles.